The van der Waals surface area contributed by atoms with Crippen LogP contribution in [0, 0.1) is 0 Å². The molecule has 0 aliphatic heterocycles. The molecule has 0 aliphatic rings. The first-order valence-electron chi connectivity index (χ1n) is 12.2. The second-order valence-electron chi connectivity index (χ2n) is 8.78. The number of aliphatic hydroxyl groups is 1. The van der Waals surface area contributed by atoms with Crippen molar-refractivity contribution in [3.05, 3.63) is 101 Å². The van der Waals surface area contributed by atoms with Gasteiger partial charge in [0.2, 0.25) is 0 Å². The number of aliphatic hydroxyl groups excluding tert-OH is 1. The van der Waals surface area contributed by atoms with E-state index in [2.05, 4.69) is 10.3 Å². The molecule has 0 spiro atoms. The van der Waals surface area contributed by atoms with Crippen LogP contribution in [0.4, 0.5) is 0 Å². The van der Waals surface area contributed by atoms with Crippen molar-refractivity contribution in [1.29, 1.82) is 0 Å². The zero-order valence-electron chi connectivity index (χ0n) is 20.3. The zero-order valence-corrected chi connectivity index (χ0v) is 20.3. The summed E-state index contributed by atoms with van der Waals surface area (Å²) in [6.45, 7) is 0. The van der Waals surface area contributed by atoms with Gasteiger partial charge in [-0.2, -0.15) is 0 Å². The lowest BCUT2D eigenvalue weighted by atomic mass is 10.0. The lowest BCUT2D eigenvalue weighted by molar-refractivity contribution is -0.140. The highest BCUT2D eigenvalue weighted by Gasteiger charge is 2.20. The first-order valence-corrected chi connectivity index (χ1v) is 12.2. The number of H-pyrrole nitrogens is 1. The summed E-state index contributed by atoms with van der Waals surface area (Å²) in [7, 11) is 1.39. The van der Waals surface area contributed by atoms with Crippen LogP contribution < -0.4 is 5.32 Å². The summed E-state index contributed by atoms with van der Waals surface area (Å²) in [6, 6.07) is 23.9. The number of benzene rings is 3. The van der Waals surface area contributed by atoms with Crippen molar-refractivity contribution in [3.63, 3.8) is 0 Å². The van der Waals surface area contributed by atoms with Crippen molar-refractivity contribution in [2.45, 2.75) is 44.2 Å². The number of amides is 1. The van der Waals surface area contributed by atoms with Gasteiger partial charge in [0.1, 0.15) is 11.9 Å². The molecule has 1 heterocycles. The second-order valence-corrected chi connectivity index (χ2v) is 8.78. The number of unbranched alkanes of at least 4 members (excludes halogenated alkanes) is 2. The molecule has 3 N–H and O–H groups in total. The normalized spacial score (nSPS) is 12.7. The van der Waals surface area contributed by atoms with E-state index >= 15 is 0 Å². The molecule has 4 rings (SSSR count). The fourth-order valence-electron chi connectivity index (χ4n) is 4.21. The zero-order chi connectivity index (χ0) is 25.3. The van der Waals surface area contributed by atoms with E-state index in [-0.39, 0.29) is 17.9 Å². The van der Waals surface area contributed by atoms with Gasteiger partial charge >= 0.3 is 5.97 Å². The Morgan fingerprint density at radius 2 is 1.67 bits per heavy atom. The van der Waals surface area contributed by atoms with E-state index in [1.165, 1.54) is 7.11 Å². The number of imidazole rings is 1. The van der Waals surface area contributed by atoms with E-state index in [0.29, 0.717) is 24.2 Å². The number of aromatic nitrogens is 2. The van der Waals surface area contributed by atoms with Crippen molar-refractivity contribution < 1.29 is 19.4 Å². The molecule has 2 unspecified atom stereocenters. The molecule has 36 heavy (non-hydrogen) atoms. The fraction of sp³-hybridized carbons (Fsp3) is 0.276. The Labute approximate surface area is 210 Å². The molecule has 7 nitrogen and oxygen atoms in total. The average molecular weight is 486 g/mol. The summed E-state index contributed by atoms with van der Waals surface area (Å²) < 4.78 is 4.71. The van der Waals surface area contributed by atoms with Gasteiger partial charge in [0.25, 0.3) is 5.91 Å². The first-order chi connectivity index (χ1) is 17.5. The van der Waals surface area contributed by atoms with Crippen molar-refractivity contribution in [3.8, 4) is 0 Å². The Kier molecular flexibility index (Phi) is 8.47. The Balaban J connectivity index is 1.52. The Bertz CT molecular complexity index is 1290. The molecule has 186 valence electrons. The van der Waals surface area contributed by atoms with Gasteiger partial charge in [0.15, 0.2) is 0 Å². The molecule has 0 aliphatic carbocycles. The highest BCUT2D eigenvalue weighted by Crippen LogP contribution is 2.27. The number of ether oxygens (including phenoxy) is 1. The third-order valence-corrected chi connectivity index (χ3v) is 6.23. The Hall–Kier alpha value is -3.97. The number of nitrogens with zero attached hydrogens (tertiary/aromatic N) is 1. The van der Waals surface area contributed by atoms with Gasteiger partial charge in [0.05, 0.1) is 24.2 Å². The SMILES string of the molecule is COC(=O)CCCCCC(NC(=O)c1ccccc1)c1nc2ccc(C(O)c3ccccc3)cc2[nH]1. The minimum absolute atomic E-state index is 0.171. The maximum Gasteiger partial charge on any atom is 0.305 e. The molecule has 0 radical (unpaired) electrons. The minimum Gasteiger partial charge on any atom is -0.469 e. The van der Waals surface area contributed by atoms with Gasteiger partial charge in [-0.15, -0.1) is 0 Å². The van der Waals surface area contributed by atoms with Crippen LogP contribution in [0.25, 0.3) is 11.0 Å². The Morgan fingerprint density at radius 1 is 0.944 bits per heavy atom. The van der Waals surface area contributed by atoms with Crippen LogP contribution >= 0.6 is 0 Å². The average Bonchev–Trinajstić information content (AvgIpc) is 3.36. The number of rotatable bonds is 11. The number of carbonyl (C=O) groups excluding carboxylic acids is 2. The predicted molar refractivity (Wildman–Crippen MR) is 138 cm³/mol. The predicted octanol–water partition coefficient (Wildman–Crippen LogP) is 5.24. The molecule has 1 aromatic heterocycles. The summed E-state index contributed by atoms with van der Waals surface area (Å²) in [5.74, 6) is 0.277. The largest absolute Gasteiger partial charge is 0.469 e. The highest BCUT2D eigenvalue weighted by atomic mass is 16.5. The molecule has 4 aromatic rings. The van der Waals surface area contributed by atoms with Crippen LogP contribution in [0.5, 0.6) is 0 Å². The van der Waals surface area contributed by atoms with Gasteiger partial charge in [-0.1, -0.05) is 67.4 Å². The Morgan fingerprint density at radius 3 is 2.39 bits per heavy atom. The summed E-state index contributed by atoms with van der Waals surface area (Å²) >= 11 is 0. The number of hydrogen-bond donors (Lipinski definition) is 3. The van der Waals surface area contributed by atoms with Gasteiger partial charge < -0.3 is 20.1 Å². The van der Waals surface area contributed by atoms with E-state index in [1.54, 1.807) is 12.1 Å². The molecular weight excluding hydrogens is 454 g/mol. The van der Waals surface area contributed by atoms with E-state index in [4.69, 9.17) is 9.72 Å². The van der Waals surface area contributed by atoms with Crippen molar-refractivity contribution in [2.75, 3.05) is 7.11 Å². The highest BCUT2D eigenvalue weighted by molar-refractivity contribution is 5.94. The number of fused-ring (bicyclic) bond motifs is 1. The number of hydrogen-bond acceptors (Lipinski definition) is 5. The van der Waals surface area contributed by atoms with Gasteiger partial charge in [-0.25, -0.2) is 4.98 Å². The standard InChI is InChI=1S/C29H31N3O4/c1-36-26(33)16-10-4-9-15-24(32-29(35)21-13-7-3-8-14-21)28-30-23-18-17-22(19-25(23)31-28)27(34)20-11-5-2-6-12-20/h2-3,5-8,11-14,17-19,24,27,34H,4,9-10,15-16H2,1H3,(H,30,31)(H,32,35). The van der Waals surface area contributed by atoms with Crippen LogP contribution in [0.1, 0.15) is 71.6 Å². The van der Waals surface area contributed by atoms with Crippen LogP contribution in [0.15, 0.2) is 78.9 Å². The lowest BCUT2D eigenvalue weighted by Crippen LogP contribution is -2.29. The molecule has 0 saturated heterocycles. The molecule has 0 saturated carbocycles. The third-order valence-electron chi connectivity index (χ3n) is 6.23. The maximum atomic E-state index is 12.9. The van der Waals surface area contributed by atoms with Crippen LogP contribution in [-0.4, -0.2) is 34.1 Å². The van der Waals surface area contributed by atoms with Gasteiger partial charge in [0, 0.05) is 12.0 Å². The summed E-state index contributed by atoms with van der Waals surface area (Å²) in [5.41, 5.74) is 3.71. The summed E-state index contributed by atoms with van der Waals surface area (Å²) in [5, 5.41) is 13.9. The van der Waals surface area contributed by atoms with Crippen LogP contribution in [0.2, 0.25) is 0 Å². The van der Waals surface area contributed by atoms with Crippen molar-refractivity contribution >= 4 is 22.9 Å². The van der Waals surface area contributed by atoms with Gasteiger partial charge in [-0.3, -0.25) is 9.59 Å². The summed E-state index contributed by atoms with van der Waals surface area (Å²) in [4.78, 5) is 32.4. The van der Waals surface area contributed by atoms with Crippen molar-refractivity contribution in [1.82, 2.24) is 15.3 Å². The molecule has 0 bridgehead atoms. The third kappa shape index (κ3) is 6.37. The summed E-state index contributed by atoms with van der Waals surface area (Å²) in [6.07, 6.45) is 2.68. The molecule has 1 amide bonds. The quantitative estimate of drug-likeness (QED) is 0.199. The number of methoxy groups -OCH3 is 1. The van der Waals surface area contributed by atoms with E-state index in [9.17, 15) is 14.7 Å². The first kappa shape index (κ1) is 25.1. The van der Waals surface area contributed by atoms with E-state index < -0.39 is 6.10 Å². The number of carbonyl (C=O) groups is 2. The molecule has 7 heteroatoms. The number of aromatic amines is 1. The monoisotopic (exact) mass is 485 g/mol. The maximum absolute atomic E-state index is 12.9. The second kappa shape index (κ2) is 12.1. The molecular formula is C29H31N3O4. The lowest BCUT2D eigenvalue weighted by Gasteiger charge is -2.17. The molecule has 3 aromatic carbocycles. The molecule has 0 fully saturated rings. The number of esters is 1. The fourth-order valence-corrected chi connectivity index (χ4v) is 4.21. The van der Waals surface area contributed by atoms with Crippen molar-refractivity contribution in [2.24, 2.45) is 0 Å². The number of nitrogens with one attached hydrogen (secondary N) is 2. The topological polar surface area (TPSA) is 104 Å². The van der Waals surface area contributed by atoms with E-state index in [1.807, 2.05) is 66.7 Å². The minimum atomic E-state index is -0.745. The van der Waals surface area contributed by atoms with Crippen LogP contribution in [-0.2, 0) is 9.53 Å². The van der Waals surface area contributed by atoms with Gasteiger partial charge in [-0.05, 0) is 48.2 Å². The van der Waals surface area contributed by atoms with Crippen LogP contribution in [0.3, 0.4) is 0 Å². The van der Waals surface area contributed by atoms with E-state index in [0.717, 1.165) is 41.4 Å². The smallest absolute Gasteiger partial charge is 0.305 e. The molecule has 2 atom stereocenters.